The molecule has 1 rings (SSSR count). The number of aromatic nitrogens is 2. The van der Waals surface area contributed by atoms with Crippen molar-refractivity contribution in [2.45, 2.75) is 0 Å². The third-order valence-electron chi connectivity index (χ3n) is 0.406. The summed E-state index contributed by atoms with van der Waals surface area (Å²) in [5.41, 5.74) is 0. The first kappa shape index (κ1) is 16.6. The van der Waals surface area contributed by atoms with E-state index >= 15 is 0 Å². The molecule has 0 saturated heterocycles. The van der Waals surface area contributed by atoms with E-state index in [1.807, 2.05) is 0 Å². The molecule has 5 nitrogen and oxygen atoms in total. The smallest absolute Gasteiger partial charge is 0.0919 e. The molecule has 0 radical (unpaired) electrons. The predicted molar refractivity (Wildman–Crippen MR) is 40.9 cm³/mol. The third-order valence-corrected chi connectivity index (χ3v) is 0.406. The van der Waals surface area contributed by atoms with Crippen LogP contribution in [0.4, 0.5) is 0 Å². The summed E-state index contributed by atoms with van der Waals surface area (Å²) in [6, 6.07) is 0. The largest absolute Gasteiger partial charge is 0.351 e. The van der Waals surface area contributed by atoms with Gasteiger partial charge in [-0.05, 0) is 0 Å². The van der Waals surface area contributed by atoms with Crippen molar-refractivity contribution in [1.82, 2.24) is 9.97 Å². The van der Waals surface area contributed by atoms with E-state index in [9.17, 15) is 0 Å². The molecule has 54 valence electrons. The molecule has 10 heavy (non-hydrogen) atoms. The molecule has 1 aromatic rings. The first-order valence-corrected chi connectivity index (χ1v) is 2.06. The van der Waals surface area contributed by atoms with E-state index in [4.69, 9.17) is 10.0 Å². The zero-order valence-electron chi connectivity index (χ0n) is 4.78. The molecule has 0 fully saturated rings. The predicted octanol–water partition coefficient (Wildman–Crippen LogP) is -2.83. The first-order chi connectivity index (χ1) is 3.91. The van der Waals surface area contributed by atoms with Gasteiger partial charge in [0.15, 0.2) is 0 Å². The normalized spacial score (nSPS) is 5.40. The fourth-order valence-corrected chi connectivity index (χ4v) is 0.215. The Morgan fingerprint density at radius 1 is 1.40 bits per heavy atom. The van der Waals surface area contributed by atoms with Gasteiger partial charge in [-0.1, -0.05) is 0 Å². The molecule has 7 heteroatoms. The SMILES string of the molecule is O.OBO.[NaH].c1c[nH]cn1. The Morgan fingerprint density at radius 3 is 2.00 bits per heavy atom. The van der Waals surface area contributed by atoms with Crippen LogP contribution in [0, 0.1) is 0 Å². The van der Waals surface area contributed by atoms with Crippen molar-refractivity contribution >= 4 is 37.2 Å². The second-order valence-electron chi connectivity index (χ2n) is 0.902. The van der Waals surface area contributed by atoms with E-state index in [1.165, 1.54) is 0 Å². The fourth-order valence-electron chi connectivity index (χ4n) is 0.215. The maximum Gasteiger partial charge on any atom is 0.0919 e. The van der Waals surface area contributed by atoms with Crippen molar-refractivity contribution < 1.29 is 15.5 Å². The van der Waals surface area contributed by atoms with Crippen LogP contribution in [0.15, 0.2) is 18.7 Å². The van der Waals surface area contributed by atoms with Crippen molar-refractivity contribution in [1.29, 1.82) is 0 Å². The van der Waals surface area contributed by atoms with Gasteiger partial charge >= 0.3 is 37.2 Å². The van der Waals surface area contributed by atoms with Crippen LogP contribution < -0.4 is 0 Å². The Hall–Kier alpha value is 0.155. The molecule has 1 heterocycles. The van der Waals surface area contributed by atoms with Crippen LogP contribution in [0.2, 0.25) is 0 Å². The molecule has 0 aliphatic carbocycles. The van der Waals surface area contributed by atoms with Crippen LogP contribution in [0.5, 0.6) is 0 Å². The molecule has 0 unspecified atom stereocenters. The molecule has 0 spiro atoms. The van der Waals surface area contributed by atoms with Crippen LogP contribution in [-0.4, -0.2) is 62.7 Å². The van der Waals surface area contributed by atoms with E-state index in [2.05, 4.69) is 9.97 Å². The molecule has 5 N–H and O–H groups in total. The maximum absolute atomic E-state index is 7.12. The zero-order chi connectivity index (χ0) is 6.24. The third kappa shape index (κ3) is 15.7. The van der Waals surface area contributed by atoms with E-state index < -0.39 is 7.69 Å². The van der Waals surface area contributed by atoms with Gasteiger partial charge in [0.2, 0.25) is 0 Å². The molecule has 0 bridgehead atoms. The average molecular weight is 156 g/mol. The number of nitrogens with zero attached hydrogens (tertiary/aromatic N) is 1. The number of hydrogen-bond donors (Lipinski definition) is 3. The monoisotopic (exact) mass is 156 g/mol. The van der Waals surface area contributed by atoms with Gasteiger partial charge < -0.3 is 20.5 Å². The van der Waals surface area contributed by atoms with Gasteiger partial charge in [-0.2, -0.15) is 0 Å². The van der Waals surface area contributed by atoms with Gasteiger partial charge in [-0.15, -0.1) is 0 Å². The van der Waals surface area contributed by atoms with Crippen molar-refractivity contribution in [2.75, 3.05) is 0 Å². The summed E-state index contributed by atoms with van der Waals surface area (Å²) < 4.78 is 0. The summed E-state index contributed by atoms with van der Waals surface area (Å²) in [5, 5.41) is 14.2. The topological polar surface area (TPSA) is 101 Å². The summed E-state index contributed by atoms with van der Waals surface area (Å²) >= 11 is 0. The van der Waals surface area contributed by atoms with Gasteiger partial charge in [-0.3, -0.25) is 0 Å². The van der Waals surface area contributed by atoms with E-state index in [0.717, 1.165) is 0 Å². The van der Waals surface area contributed by atoms with E-state index in [0.29, 0.717) is 0 Å². The minimum absolute atomic E-state index is 0. The molecular formula is C3H10BN2NaO3. The first-order valence-electron chi connectivity index (χ1n) is 2.06. The fraction of sp³-hybridized carbons (Fsp3) is 0. The van der Waals surface area contributed by atoms with Crippen LogP contribution >= 0.6 is 0 Å². The van der Waals surface area contributed by atoms with Gasteiger partial charge in [0.1, 0.15) is 0 Å². The standard InChI is InChI=1S/C3H4N2.BH3O2.Na.H2O.H/c1-2-5-3-4-1;2-1-3;;;/h1-3H,(H,4,5);1-3H;;1H2;. The minimum atomic E-state index is -0.750. The second kappa shape index (κ2) is 16.1. The Balaban J connectivity index is -0.0000000900. The summed E-state index contributed by atoms with van der Waals surface area (Å²) in [5.74, 6) is 0. The Labute approximate surface area is 81.4 Å². The number of imidazole rings is 1. The Kier molecular flexibility index (Phi) is 26.7. The maximum atomic E-state index is 7.12. The zero-order valence-corrected chi connectivity index (χ0v) is 4.78. The molecule has 0 aromatic carbocycles. The summed E-state index contributed by atoms with van der Waals surface area (Å²) in [7, 11) is -0.750. The Morgan fingerprint density at radius 2 is 1.90 bits per heavy atom. The number of aromatic amines is 1. The van der Waals surface area contributed by atoms with Crippen molar-refractivity contribution in [2.24, 2.45) is 0 Å². The molecular weight excluding hydrogens is 146 g/mol. The molecule has 0 aliphatic rings. The van der Waals surface area contributed by atoms with Gasteiger partial charge in [0.05, 0.1) is 6.33 Å². The molecule has 0 atom stereocenters. The number of nitrogens with one attached hydrogen (secondary N) is 1. The molecule has 1 aromatic heterocycles. The summed E-state index contributed by atoms with van der Waals surface area (Å²) in [6.45, 7) is 0. The van der Waals surface area contributed by atoms with Crippen LogP contribution in [0.25, 0.3) is 0 Å². The minimum Gasteiger partial charge on any atom is -0.351 e. The molecule has 0 amide bonds. The van der Waals surface area contributed by atoms with Crippen LogP contribution in [0.3, 0.4) is 0 Å². The van der Waals surface area contributed by atoms with Gasteiger partial charge in [0.25, 0.3) is 0 Å². The summed E-state index contributed by atoms with van der Waals surface area (Å²) in [4.78, 5) is 6.42. The number of rotatable bonds is 0. The van der Waals surface area contributed by atoms with Crippen LogP contribution in [-0.2, 0) is 0 Å². The molecule has 0 aliphatic heterocycles. The van der Waals surface area contributed by atoms with Crippen molar-refractivity contribution in [3.05, 3.63) is 18.7 Å². The Bertz CT molecular complexity index is 88.6. The summed E-state index contributed by atoms with van der Waals surface area (Å²) in [6.07, 6.45) is 5.08. The van der Waals surface area contributed by atoms with Crippen molar-refractivity contribution in [3.8, 4) is 0 Å². The second-order valence-corrected chi connectivity index (χ2v) is 0.902. The number of H-pyrrole nitrogens is 1. The molecule has 0 saturated carbocycles. The van der Waals surface area contributed by atoms with Gasteiger partial charge in [0, 0.05) is 12.4 Å². The van der Waals surface area contributed by atoms with E-state index in [1.54, 1.807) is 18.7 Å². The average Bonchev–Trinajstić information content (AvgIpc) is 2.17. The van der Waals surface area contributed by atoms with Crippen molar-refractivity contribution in [3.63, 3.8) is 0 Å². The quantitative estimate of drug-likeness (QED) is 0.353. The number of hydrogen-bond acceptors (Lipinski definition) is 3. The van der Waals surface area contributed by atoms with E-state index in [-0.39, 0.29) is 35.0 Å². The van der Waals surface area contributed by atoms with Gasteiger partial charge in [-0.25, -0.2) is 4.98 Å². The van der Waals surface area contributed by atoms with Crippen LogP contribution in [0.1, 0.15) is 0 Å².